The standard InChI is InChI=1S/C16H24N4O2/c21-16(19-14-3-1-7-17-11-14)18-13-5-8-20(9-6-13)12-15-4-2-10-22-15/h1,3,7,11,13,15H,2,4-6,8-10,12H2,(H2,18,19,21)/t15-/m1/s1. The number of nitrogens with one attached hydrogen (secondary N) is 2. The molecule has 1 atom stereocenters. The molecule has 0 spiro atoms. The lowest BCUT2D eigenvalue weighted by molar-refractivity contribution is 0.0633. The molecule has 6 nitrogen and oxygen atoms in total. The molecule has 2 N–H and O–H groups in total. The van der Waals surface area contributed by atoms with Gasteiger partial charge in [-0.1, -0.05) is 0 Å². The van der Waals surface area contributed by atoms with E-state index >= 15 is 0 Å². The van der Waals surface area contributed by atoms with Gasteiger partial charge in [-0.05, 0) is 37.8 Å². The molecule has 1 aromatic rings. The number of nitrogens with zero attached hydrogens (tertiary/aromatic N) is 2. The minimum atomic E-state index is -0.148. The van der Waals surface area contributed by atoms with Crippen molar-refractivity contribution in [1.82, 2.24) is 15.2 Å². The molecule has 0 radical (unpaired) electrons. The predicted molar refractivity (Wildman–Crippen MR) is 84.8 cm³/mol. The first-order valence-corrected chi connectivity index (χ1v) is 8.11. The van der Waals surface area contributed by atoms with Crippen molar-refractivity contribution >= 4 is 11.7 Å². The molecular weight excluding hydrogens is 280 g/mol. The van der Waals surface area contributed by atoms with Crippen LogP contribution in [0.5, 0.6) is 0 Å². The zero-order valence-electron chi connectivity index (χ0n) is 12.8. The second-order valence-electron chi connectivity index (χ2n) is 6.05. The monoisotopic (exact) mass is 304 g/mol. The highest BCUT2D eigenvalue weighted by atomic mass is 16.5. The summed E-state index contributed by atoms with van der Waals surface area (Å²) < 4.78 is 5.69. The first-order chi connectivity index (χ1) is 10.8. The van der Waals surface area contributed by atoms with Crippen LogP contribution in [0.2, 0.25) is 0 Å². The number of piperidine rings is 1. The summed E-state index contributed by atoms with van der Waals surface area (Å²) in [5.74, 6) is 0. The topological polar surface area (TPSA) is 66.5 Å². The van der Waals surface area contributed by atoms with Crippen molar-refractivity contribution in [3.8, 4) is 0 Å². The third-order valence-corrected chi connectivity index (χ3v) is 4.33. The minimum absolute atomic E-state index is 0.148. The second kappa shape index (κ2) is 7.56. The summed E-state index contributed by atoms with van der Waals surface area (Å²) in [6.45, 7) is 4.00. The van der Waals surface area contributed by atoms with Crippen LogP contribution in [0.3, 0.4) is 0 Å². The van der Waals surface area contributed by atoms with Gasteiger partial charge < -0.3 is 20.3 Å². The Balaban J connectivity index is 1.37. The molecule has 0 saturated carbocycles. The molecule has 6 heteroatoms. The second-order valence-corrected chi connectivity index (χ2v) is 6.05. The molecule has 0 aliphatic carbocycles. The molecule has 2 saturated heterocycles. The Labute approximate surface area is 131 Å². The normalized spacial score (nSPS) is 23.4. The van der Waals surface area contributed by atoms with Gasteiger partial charge in [0.05, 0.1) is 18.0 Å². The smallest absolute Gasteiger partial charge is 0.319 e. The van der Waals surface area contributed by atoms with Gasteiger partial charge in [-0.15, -0.1) is 0 Å². The van der Waals surface area contributed by atoms with Crippen LogP contribution in [0.1, 0.15) is 25.7 Å². The fourth-order valence-corrected chi connectivity index (χ4v) is 3.13. The number of pyridine rings is 1. The van der Waals surface area contributed by atoms with Crippen LogP contribution in [0.15, 0.2) is 24.5 Å². The average Bonchev–Trinajstić information content (AvgIpc) is 3.03. The fraction of sp³-hybridized carbons (Fsp3) is 0.625. The molecule has 120 valence electrons. The number of ether oxygens (including phenoxy) is 1. The van der Waals surface area contributed by atoms with Crippen molar-refractivity contribution in [1.29, 1.82) is 0 Å². The molecule has 2 aliphatic heterocycles. The van der Waals surface area contributed by atoms with Crippen LogP contribution in [-0.2, 0) is 4.74 Å². The van der Waals surface area contributed by atoms with Gasteiger partial charge in [-0.2, -0.15) is 0 Å². The summed E-state index contributed by atoms with van der Waals surface area (Å²) in [5, 5.41) is 5.86. The average molecular weight is 304 g/mol. The molecule has 0 unspecified atom stereocenters. The SMILES string of the molecule is O=C(Nc1cccnc1)NC1CCN(C[C@H]2CCCO2)CC1. The molecule has 1 aromatic heterocycles. The highest BCUT2D eigenvalue weighted by Crippen LogP contribution is 2.17. The number of urea groups is 1. The van der Waals surface area contributed by atoms with E-state index in [0.717, 1.165) is 44.8 Å². The van der Waals surface area contributed by atoms with Gasteiger partial charge in [0.1, 0.15) is 0 Å². The molecule has 2 amide bonds. The summed E-state index contributed by atoms with van der Waals surface area (Å²) in [5.41, 5.74) is 0.718. The molecule has 2 aliphatic rings. The summed E-state index contributed by atoms with van der Waals surface area (Å²) in [6, 6.07) is 3.73. The Morgan fingerprint density at radius 2 is 2.23 bits per heavy atom. The number of rotatable bonds is 4. The van der Waals surface area contributed by atoms with Crippen LogP contribution in [0.25, 0.3) is 0 Å². The zero-order valence-corrected chi connectivity index (χ0v) is 12.8. The van der Waals surface area contributed by atoms with Crippen molar-refractivity contribution in [2.24, 2.45) is 0 Å². The molecular formula is C16H24N4O2. The number of carbonyl (C=O) groups excluding carboxylic acids is 1. The van der Waals surface area contributed by atoms with E-state index in [0.29, 0.717) is 6.10 Å². The third kappa shape index (κ3) is 4.42. The Hall–Kier alpha value is -1.66. The van der Waals surface area contributed by atoms with Gasteiger partial charge in [-0.3, -0.25) is 4.98 Å². The number of amides is 2. The van der Waals surface area contributed by atoms with Gasteiger partial charge in [0.15, 0.2) is 0 Å². The fourth-order valence-electron chi connectivity index (χ4n) is 3.13. The van der Waals surface area contributed by atoms with Crippen LogP contribution >= 0.6 is 0 Å². The maximum Gasteiger partial charge on any atom is 0.319 e. The molecule has 0 bridgehead atoms. The first kappa shape index (κ1) is 15.2. The van der Waals surface area contributed by atoms with Crippen molar-refractivity contribution in [3.63, 3.8) is 0 Å². The van der Waals surface area contributed by atoms with E-state index in [1.807, 2.05) is 6.07 Å². The number of likely N-dealkylation sites (tertiary alicyclic amines) is 1. The van der Waals surface area contributed by atoms with Crippen molar-refractivity contribution in [3.05, 3.63) is 24.5 Å². The largest absolute Gasteiger partial charge is 0.377 e. The molecule has 2 fully saturated rings. The van der Waals surface area contributed by atoms with Gasteiger partial charge in [-0.25, -0.2) is 4.79 Å². The number of aromatic nitrogens is 1. The van der Waals surface area contributed by atoms with Crippen LogP contribution in [0, 0.1) is 0 Å². The first-order valence-electron chi connectivity index (χ1n) is 8.11. The van der Waals surface area contributed by atoms with E-state index in [-0.39, 0.29) is 12.1 Å². The predicted octanol–water partition coefficient (Wildman–Crippen LogP) is 1.85. The number of hydrogen-bond acceptors (Lipinski definition) is 4. The maximum atomic E-state index is 12.0. The van der Waals surface area contributed by atoms with E-state index in [1.165, 1.54) is 12.8 Å². The van der Waals surface area contributed by atoms with Crippen molar-refractivity contribution in [2.75, 3.05) is 31.6 Å². The van der Waals surface area contributed by atoms with E-state index in [4.69, 9.17) is 4.74 Å². The van der Waals surface area contributed by atoms with Gasteiger partial charge in [0.25, 0.3) is 0 Å². The van der Waals surface area contributed by atoms with Crippen molar-refractivity contribution in [2.45, 2.75) is 37.8 Å². The van der Waals surface area contributed by atoms with E-state index < -0.39 is 0 Å². The quantitative estimate of drug-likeness (QED) is 0.891. The van der Waals surface area contributed by atoms with E-state index in [9.17, 15) is 4.79 Å². The van der Waals surface area contributed by atoms with Gasteiger partial charge >= 0.3 is 6.03 Å². The van der Waals surface area contributed by atoms with E-state index in [1.54, 1.807) is 18.5 Å². The van der Waals surface area contributed by atoms with Crippen molar-refractivity contribution < 1.29 is 9.53 Å². The Morgan fingerprint density at radius 1 is 1.36 bits per heavy atom. The van der Waals surface area contributed by atoms with E-state index in [2.05, 4.69) is 20.5 Å². The number of anilines is 1. The Bertz CT molecular complexity index is 468. The zero-order chi connectivity index (χ0) is 15.2. The highest BCUT2D eigenvalue weighted by Gasteiger charge is 2.24. The van der Waals surface area contributed by atoms with Gasteiger partial charge in [0.2, 0.25) is 0 Å². The van der Waals surface area contributed by atoms with Crippen LogP contribution in [0.4, 0.5) is 10.5 Å². The van der Waals surface area contributed by atoms with Crippen LogP contribution < -0.4 is 10.6 Å². The molecule has 0 aromatic carbocycles. The Kier molecular flexibility index (Phi) is 5.24. The maximum absolute atomic E-state index is 12.0. The lowest BCUT2D eigenvalue weighted by Gasteiger charge is -2.33. The summed E-state index contributed by atoms with van der Waals surface area (Å²) in [6.07, 6.45) is 8.11. The summed E-state index contributed by atoms with van der Waals surface area (Å²) >= 11 is 0. The molecule has 22 heavy (non-hydrogen) atoms. The van der Waals surface area contributed by atoms with Gasteiger partial charge in [0, 0.05) is 38.5 Å². The minimum Gasteiger partial charge on any atom is -0.377 e. The molecule has 3 rings (SSSR count). The number of hydrogen-bond donors (Lipinski definition) is 2. The van der Waals surface area contributed by atoms with Crippen LogP contribution in [-0.4, -0.2) is 54.3 Å². The molecule has 3 heterocycles. The Morgan fingerprint density at radius 3 is 2.91 bits per heavy atom. The summed E-state index contributed by atoms with van der Waals surface area (Å²) in [7, 11) is 0. The lowest BCUT2D eigenvalue weighted by Crippen LogP contribution is -2.47. The summed E-state index contributed by atoms with van der Waals surface area (Å²) in [4.78, 5) is 18.4. The third-order valence-electron chi connectivity index (χ3n) is 4.33. The number of carbonyl (C=O) groups is 1. The lowest BCUT2D eigenvalue weighted by atomic mass is 10.0. The highest BCUT2D eigenvalue weighted by molar-refractivity contribution is 5.89.